The van der Waals surface area contributed by atoms with Crippen molar-refractivity contribution in [2.24, 2.45) is 0 Å². The molecule has 2 nitrogen and oxygen atoms in total. The first-order chi connectivity index (χ1) is 31.8. The first-order valence-electron chi connectivity index (χ1n) is 22.1. The third-order valence-corrected chi connectivity index (χ3v) is 15.1. The summed E-state index contributed by atoms with van der Waals surface area (Å²) in [6.07, 6.45) is 0. The molecule has 2 aliphatic rings. The van der Waals surface area contributed by atoms with Crippen LogP contribution in [0.2, 0.25) is 0 Å². The zero-order valence-corrected chi connectivity index (χ0v) is 35.6. The quantitative estimate of drug-likeness (QED) is 0.175. The first-order valence-corrected chi connectivity index (χ1v) is 22.9. The molecule has 0 saturated heterocycles. The molecule has 1 aliphatic carbocycles. The largest absolute Gasteiger partial charge is 0.310 e. The summed E-state index contributed by atoms with van der Waals surface area (Å²) in [5, 5.41) is 9.93. The van der Waals surface area contributed by atoms with Gasteiger partial charge in [0.2, 0.25) is 0 Å². The molecule has 3 heteroatoms. The van der Waals surface area contributed by atoms with Gasteiger partial charge in [0, 0.05) is 42.7 Å². The van der Waals surface area contributed by atoms with Crippen LogP contribution in [0.5, 0.6) is 0 Å². The number of anilines is 3. The van der Waals surface area contributed by atoms with Gasteiger partial charge in [-0.15, -0.1) is 0 Å². The molecule has 1 atom stereocenters. The summed E-state index contributed by atoms with van der Waals surface area (Å²) >= 11 is 1.89. The molecular formula is C61H38N2S. The molecule has 1 unspecified atom stereocenters. The van der Waals surface area contributed by atoms with Crippen molar-refractivity contribution >= 4 is 82.9 Å². The molecule has 0 N–H and O–H groups in total. The van der Waals surface area contributed by atoms with E-state index in [1.165, 1.54) is 103 Å². The maximum Gasteiger partial charge on any atom is 0.0736 e. The van der Waals surface area contributed by atoms with E-state index in [9.17, 15) is 0 Å². The standard InChI is InChI=1S/C61H38N2S/c1-3-21-44-39(15-1)17-13-30-54(44)62(42-33-35-57-49(37-42)47-24-6-9-29-56(47)63(57)55-31-14-18-40-16-2-4-22-45(40)55)43-34-36-59-53(38-43)61(51-27-8-10-32-58(51)64-59)50-26-7-5-23-46(50)48-25-11-19-41-20-12-28-52(61)60(41)48/h1-38H. The van der Waals surface area contributed by atoms with Gasteiger partial charge in [-0.2, -0.15) is 0 Å². The van der Waals surface area contributed by atoms with Crippen molar-refractivity contribution < 1.29 is 0 Å². The Morgan fingerprint density at radius 1 is 0.359 bits per heavy atom. The van der Waals surface area contributed by atoms with Crippen LogP contribution in [0.4, 0.5) is 17.1 Å². The Kier molecular flexibility index (Phi) is 7.57. The predicted molar refractivity (Wildman–Crippen MR) is 269 cm³/mol. The number of hydrogen-bond acceptors (Lipinski definition) is 2. The topological polar surface area (TPSA) is 8.17 Å². The van der Waals surface area contributed by atoms with Crippen molar-refractivity contribution in [2.75, 3.05) is 4.90 Å². The number of fused-ring (bicyclic) bond motifs is 13. The smallest absolute Gasteiger partial charge is 0.0736 e. The van der Waals surface area contributed by atoms with E-state index >= 15 is 0 Å². The van der Waals surface area contributed by atoms with Crippen LogP contribution in [0.1, 0.15) is 22.3 Å². The second kappa shape index (κ2) is 13.6. The van der Waals surface area contributed by atoms with Crippen LogP contribution in [0.15, 0.2) is 240 Å². The van der Waals surface area contributed by atoms with E-state index in [4.69, 9.17) is 0 Å². The van der Waals surface area contributed by atoms with Crippen molar-refractivity contribution in [2.45, 2.75) is 15.2 Å². The molecule has 11 aromatic carbocycles. The lowest BCUT2D eigenvalue weighted by Crippen LogP contribution is -2.36. The predicted octanol–water partition coefficient (Wildman–Crippen LogP) is 16.5. The van der Waals surface area contributed by atoms with Gasteiger partial charge in [0.05, 0.1) is 27.8 Å². The van der Waals surface area contributed by atoms with E-state index in [-0.39, 0.29) is 0 Å². The molecule has 1 spiro atoms. The molecule has 298 valence electrons. The highest BCUT2D eigenvalue weighted by atomic mass is 32.2. The maximum atomic E-state index is 2.52. The second-order valence-electron chi connectivity index (χ2n) is 17.2. The highest BCUT2D eigenvalue weighted by Gasteiger charge is 2.48. The summed E-state index contributed by atoms with van der Waals surface area (Å²) in [4.78, 5) is 5.09. The van der Waals surface area contributed by atoms with Gasteiger partial charge in [0.1, 0.15) is 0 Å². The van der Waals surface area contributed by atoms with E-state index in [1.807, 2.05) is 11.8 Å². The fourth-order valence-corrected chi connectivity index (χ4v) is 12.6. The Morgan fingerprint density at radius 3 is 1.83 bits per heavy atom. The number of hydrogen-bond donors (Lipinski definition) is 0. The van der Waals surface area contributed by atoms with Crippen molar-refractivity contribution in [3.63, 3.8) is 0 Å². The van der Waals surface area contributed by atoms with Gasteiger partial charge >= 0.3 is 0 Å². The van der Waals surface area contributed by atoms with E-state index < -0.39 is 5.41 Å². The van der Waals surface area contributed by atoms with Crippen LogP contribution in [0, 0.1) is 0 Å². The average Bonchev–Trinajstić information content (AvgIpc) is 3.69. The molecule has 0 fully saturated rings. The van der Waals surface area contributed by atoms with Gasteiger partial charge in [0.15, 0.2) is 0 Å². The summed E-state index contributed by atoms with van der Waals surface area (Å²) in [6, 6.07) is 86.1. The van der Waals surface area contributed by atoms with Gasteiger partial charge in [-0.05, 0) is 116 Å². The molecule has 0 amide bonds. The average molecular weight is 831 g/mol. The lowest BCUT2D eigenvalue weighted by molar-refractivity contribution is 0.707. The first kappa shape index (κ1) is 35.7. The zero-order valence-electron chi connectivity index (χ0n) is 34.7. The molecule has 0 radical (unpaired) electrons. The van der Waals surface area contributed by atoms with Crippen LogP contribution in [0.3, 0.4) is 0 Å². The normalized spacial score (nSPS) is 14.9. The molecule has 0 bridgehead atoms. The Morgan fingerprint density at radius 2 is 0.938 bits per heavy atom. The summed E-state index contributed by atoms with van der Waals surface area (Å²) < 4.78 is 2.45. The van der Waals surface area contributed by atoms with Crippen LogP contribution < -0.4 is 4.90 Å². The molecule has 12 aromatic rings. The summed E-state index contributed by atoms with van der Waals surface area (Å²) in [5.74, 6) is 0. The highest BCUT2D eigenvalue weighted by molar-refractivity contribution is 7.99. The van der Waals surface area contributed by atoms with Crippen LogP contribution in [-0.2, 0) is 5.41 Å². The molecule has 14 rings (SSSR count). The Labute approximate surface area is 375 Å². The van der Waals surface area contributed by atoms with Gasteiger partial charge in [-0.25, -0.2) is 0 Å². The van der Waals surface area contributed by atoms with E-state index in [0.29, 0.717) is 0 Å². The van der Waals surface area contributed by atoms with Crippen LogP contribution in [0.25, 0.3) is 70.9 Å². The molecule has 1 aromatic heterocycles. The minimum absolute atomic E-state index is 0.558. The number of nitrogens with zero attached hydrogens (tertiary/aromatic N) is 2. The summed E-state index contributed by atoms with van der Waals surface area (Å²) in [6.45, 7) is 0. The van der Waals surface area contributed by atoms with Gasteiger partial charge in [-0.3, -0.25) is 0 Å². The second-order valence-corrected chi connectivity index (χ2v) is 18.3. The van der Waals surface area contributed by atoms with E-state index in [2.05, 4.69) is 240 Å². The minimum Gasteiger partial charge on any atom is -0.310 e. The Hall–Kier alpha value is -7.85. The summed E-state index contributed by atoms with van der Waals surface area (Å²) in [7, 11) is 0. The minimum atomic E-state index is -0.558. The van der Waals surface area contributed by atoms with Crippen molar-refractivity contribution in [1.29, 1.82) is 0 Å². The molecule has 64 heavy (non-hydrogen) atoms. The van der Waals surface area contributed by atoms with Crippen molar-refractivity contribution in [1.82, 2.24) is 4.57 Å². The number of aromatic nitrogens is 1. The number of benzene rings is 11. The molecular weight excluding hydrogens is 793 g/mol. The molecule has 2 heterocycles. The summed E-state index contributed by atoms with van der Waals surface area (Å²) in [5.41, 5.74) is 14.3. The van der Waals surface area contributed by atoms with Crippen LogP contribution in [-0.4, -0.2) is 4.57 Å². The number of para-hydroxylation sites is 1. The molecule has 0 saturated carbocycles. The van der Waals surface area contributed by atoms with Crippen LogP contribution >= 0.6 is 11.8 Å². The monoisotopic (exact) mass is 830 g/mol. The third-order valence-electron chi connectivity index (χ3n) is 14.0. The lowest BCUT2D eigenvalue weighted by Gasteiger charge is -2.46. The Balaban J connectivity index is 1.07. The third kappa shape index (κ3) is 4.87. The highest BCUT2D eigenvalue weighted by Crippen LogP contribution is 2.62. The SMILES string of the molecule is c1ccc2c(c1)Sc1ccc(N(c3ccc4c(c3)c3ccccc3n4-c3cccc4ccccc34)c3cccc4ccccc34)cc1C21c2ccccc2-c2cccc3cccc1c23. The fourth-order valence-electron chi connectivity index (χ4n) is 11.4. The Bertz CT molecular complexity index is 3900. The maximum absolute atomic E-state index is 2.52. The van der Waals surface area contributed by atoms with Gasteiger partial charge < -0.3 is 9.47 Å². The number of rotatable bonds is 4. The lowest BCUT2D eigenvalue weighted by atomic mass is 9.59. The van der Waals surface area contributed by atoms with E-state index in [0.717, 1.165) is 17.1 Å². The fraction of sp³-hybridized carbons (Fsp3) is 0.0164. The zero-order chi connectivity index (χ0) is 41.9. The van der Waals surface area contributed by atoms with Crippen molar-refractivity contribution in [3.8, 4) is 16.8 Å². The van der Waals surface area contributed by atoms with E-state index in [1.54, 1.807) is 0 Å². The van der Waals surface area contributed by atoms with Gasteiger partial charge in [0.25, 0.3) is 0 Å². The molecule has 1 aliphatic heterocycles. The van der Waals surface area contributed by atoms with Crippen molar-refractivity contribution in [3.05, 3.63) is 253 Å². The van der Waals surface area contributed by atoms with Gasteiger partial charge in [-0.1, -0.05) is 182 Å².